The lowest BCUT2D eigenvalue weighted by Crippen LogP contribution is -2.29. The fourth-order valence-electron chi connectivity index (χ4n) is 4.04. The fraction of sp³-hybridized carbons (Fsp3) is 0.960. The second-order valence-electron chi connectivity index (χ2n) is 9.28. The molecule has 1 unspecified atom stereocenters. The van der Waals surface area contributed by atoms with Crippen LogP contribution in [0.5, 0.6) is 0 Å². The summed E-state index contributed by atoms with van der Waals surface area (Å²) >= 11 is 0. The molecular weight excluding hydrogens is 376 g/mol. The number of amides is 1. The van der Waals surface area contributed by atoms with Crippen LogP contribution in [0.4, 0.5) is 4.79 Å². The summed E-state index contributed by atoms with van der Waals surface area (Å²) in [5, 5.41) is 0. The predicted octanol–water partition coefficient (Wildman–Crippen LogP) is 6.26. The van der Waals surface area contributed by atoms with Crippen molar-refractivity contribution in [3.63, 3.8) is 0 Å². The van der Waals surface area contributed by atoms with E-state index in [2.05, 4.69) is 25.9 Å². The number of cyclic esters (lactones) is 1. The molecule has 0 bridgehead atoms. The van der Waals surface area contributed by atoms with Gasteiger partial charge in [-0.05, 0) is 33.5 Å². The Kier molecular flexibility index (Phi) is 17.2. The van der Waals surface area contributed by atoms with Gasteiger partial charge in [-0.15, -0.1) is 0 Å². The molecule has 1 aliphatic heterocycles. The van der Waals surface area contributed by atoms with Crippen molar-refractivity contribution in [2.45, 2.75) is 109 Å². The van der Waals surface area contributed by atoms with Crippen LogP contribution < -0.4 is 0 Å². The van der Waals surface area contributed by atoms with Crippen molar-refractivity contribution in [3.05, 3.63) is 0 Å². The zero-order valence-electron chi connectivity index (χ0n) is 20.3. The number of carbonyl (C=O) groups excluding carboxylic acids is 1. The summed E-state index contributed by atoms with van der Waals surface area (Å²) in [6, 6.07) is 0. The van der Waals surface area contributed by atoms with Crippen LogP contribution in [0.3, 0.4) is 0 Å². The lowest BCUT2D eigenvalue weighted by atomic mass is 10.0. The minimum absolute atomic E-state index is 0.0940. The first kappa shape index (κ1) is 27.2. The standard InChI is InChI=1S/C25H50N2O3/c1-4-5-6-7-8-9-10-11-12-13-14-15-16-17-21-29-23-24-22-27(25(28)30-24)20-18-19-26(2)3/h24H,4-23H2,1-3H3. The van der Waals surface area contributed by atoms with E-state index >= 15 is 0 Å². The number of ether oxygens (including phenoxy) is 2. The van der Waals surface area contributed by atoms with E-state index in [1.807, 2.05) is 4.90 Å². The first-order chi connectivity index (χ1) is 14.6. The minimum atomic E-state index is -0.182. The van der Waals surface area contributed by atoms with E-state index < -0.39 is 0 Å². The average molecular weight is 427 g/mol. The van der Waals surface area contributed by atoms with Crippen molar-refractivity contribution in [2.24, 2.45) is 0 Å². The highest BCUT2D eigenvalue weighted by Gasteiger charge is 2.30. The van der Waals surface area contributed by atoms with Crippen LogP contribution in [0.1, 0.15) is 103 Å². The Morgan fingerprint density at radius 3 is 1.93 bits per heavy atom. The van der Waals surface area contributed by atoms with E-state index in [4.69, 9.17) is 9.47 Å². The molecule has 1 amide bonds. The largest absolute Gasteiger partial charge is 0.442 e. The maximum Gasteiger partial charge on any atom is 0.410 e. The van der Waals surface area contributed by atoms with Gasteiger partial charge in [-0.3, -0.25) is 0 Å². The van der Waals surface area contributed by atoms with Crippen molar-refractivity contribution in [2.75, 3.05) is 46.9 Å². The van der Waals surface area contributed by atoms with Gasteiger partial charge < -0.3 is 19.3 Å². The number of nitrogens with zero attached hydrogens (tertiary/aromatic N) is 2. The molecule has 178 valence electrons. The number of rotatable bonds is 21. The van der Waals surface area contributed by atoms with E-state index in [-0.39, 0.29) is 12.2 Å². The molecule has 1 rings (SSSR count). The molecule has 0 aromatic rings. The third-order valence-corrected chi connectivity index (χ3v) is 5.93. The molecular formula is C25H50N2O3. The summed E-state index contributed by atoms with van der Waals surface area (Å²) in [6.45, 7) is 6.03. The molecule has 0 aromatic carbocycles. The summed E-state index contributed by atoms with van der Waals surface area (Å²) in [5.74, 6) is 0. The maximum atomic E-state index is 11.9. The summed E-state index contributed by atoms with van der Waals surface area (Å²) in [7, 11) is 4.10. The lowest BCUT2D eigenvalue weighted by molar-refractivity contribution is 0.0443. The summed E-state index contributed by atoms with van der Waals surface area (Å²) in [6.07, 6.45) is 19.9. The van der Waals surface area contributed by atoms with Gasteiger partial charge in [-0.1, -0.05) is 90.4 Å². The van der Waals surface area contributed by atoms with Crippen molar-refractivity contribution < 1.29 is 14.3 Å². The first-order valence-corrected chi connectivity index (χ1v) is 12.8. The first-order valence-electron chi connectivity index (χ1n) is 12.8. The summed E-state index contributed by atoms with van der Waals surface area (Å²) in [5.41, 5.74) is 0. The highest BCUT2D eigenvalue weighted by Crippen LogP contribution is 2.14. The second-order valence-corrected chi connectivity index (χ2v) is 9.28. The molecule has 5 heteroatoms. The van der Waals surface area contributed by atoms with Gasteiger partial charge in [0.2, 0.25) is 0 Å². The number of carbonyl (C=O) groups is 1. The molecule has 5 nitrogen and oxygen atoms in total. The fourth-order valence-corrected chi connectivity index (χ4v) is 4.04. The zero-order chi connectivity index (χ0) is 21.9. The molecule has 0 N–H and O–H groups in total. The third kappa shape index (κ3) is 15.1. The van der Waals surface area contributed by atoms with Crippen LogP contribution in [-0.2, 0) is 9.47 Å². The van der Waals surface area contributed by atoms with Crippen LogP contribution in [0.25, 0.3) is 0 Å². The Labute approximate surface area is 186 Å². The van der Waals surface area contributed by atoms with Crippen molar-refractivity contribution in [3.8, 4) is 0 Å². The predicted molar refractivity (Wildman–Crippen MR) is 126 cm³/mol. The van der Waals surface area contributed by atoms with E-state index in [0.717, 1.165) is 32.5 Å². The molecule has 0 saturated carbocycles. The van der Waals surface area contributed by atoms with Crippen LogP contribution >= 0.6 is 0 Å². The molecule has 1 saturated heterocycles. The second kappa shape index (κ2) is 18.9. The topological polar surface area (TPSA) is 42.0 Å². The van der Waals surface area contributed by atoms with Crippen LogP contribution in [0.2, 0.25) is 0 Å². The Hall–Kier alpha value is -0.810. The van der Waals surface area contributed by atoms with E-state index in [9.17, 15) is 4.79 Å². The molecule has 0 aliphatic carbocycles. The van der Waals surface area contributed by atoms with Crippen LogP contribution in [0.15, 0.2) is 0 Å². The molecule has 1 fully saturated rings. The lowest BCUT2D eigenvalue weighted by Gasteiger charge is -2.15. The van der Waals surface area contributed by atoms with Gasteiger partial charge in [0.1, 0.15) is 6.10 Å². The van der Waals surface area contributed by atoms with Gasteiger partial charge in [-0.2, -0.15) is 0 Å². The third-order valence-electron chi connectivity index (χ3n) is 5.93. The van der Waals surface area contributed by atoms with E-state index in [1.54, 1.807) is 0 Å². The molecule has 1 atom stereocenters. The Bertz CT molecular complexity index is 404. The molecule has 0 spiro atoms. The quantitative estimate of drug-likeness (QED) is 0.203. The maximum absolute atomic E-state index is 11.9. The van der Waals surface area contributed by atoms with Crippen molar-refractivity contribution in [1.82, 2.24) is 9.80 Å². The molecule has 1 heterocycles. The van der Waals surface area contributed by atoms with Gasteiger partial charge in [-0.25, -0.2) is 4.79 Å². The number of hydrogen-bond donors (Lipinski definition) is 0. The monoisotopic (exact) mass is 426 g/mol. The molecule has 0 radical (unpaired) electrons. The Morgan fingerprint density at radius 1 is 0.867 bits per heavy atom. The Morgan fingerprint density at radius 2 is 1.40 bits per heavy atom. The summed E-state index contributed by atoms with van der Waals surface area (Å²) in [4.78, 5) is 15.8. The SMILES string of the molecule is CCCCCCCCCCCCCCCCOCC1CN(CCCN(C)C)C(=O)O1. The molecule has 30 heavy (non-hydrogen) atoms. The number of unbranched alkanes of at least 4 members (excludes halogenated alkanes) is 13. The summed E-state index contributed by atoms with van der Waals surface area (Å²) < 4.78 is 11.2. The van der Waals surface area contributed by atoms with Gasteiger partial charge in [0.05, 0.1) is 13.2 Å². The highest BCUT2D eigenvalue weighted by atomic mass is 16.6. The zero-order valence-corrected chi connectivity index (χ0v) is 20.3. The van der Waals surface area contributed by atoms with Crippen LogP contribution in [0, 0.1) is 0 Å². The minimum Gasteiger partial charge on any atom is -0.442 e. The number of hydrogen-bond acceptors (Lipinski definition) is 4. The van der Waals surface area contributed by atoms with E-state index in [0.29, 0.717) is 13.2 Å². The Balaban J connectivity index is 1.81. The average Bonchev–Trinajstić information content (AvgIpc) is 3.07. The van der Waals surface area contributed by atoms with Crippen molar-refractivity contribution >= 4 is 6.09 Å². The smallest absolute Gasteiger partial charge is 0.410 e. The van der Waals surface area contributed by atoms with Crippen LogP contribution in [-0.4, -0.2) is 68.9 Å². The van der Waals surface area contributed by atoms with Gasteiger partial charge in [0.25, 0.3) is 0 Å². The van der Waals surface area contributed by atoms with Gasteiger partial charge in [0, 0.05) is 13.2 Å². The molecule has 1 aliphatic rings. The molecule has 0 aromatic heterocycles. The van der Waals surface area contributed by atoms with Gasteiger partial charge in [0.15, 0.2) is 0 Å². The van der Waals surface area contributed by atoms with E-state index in [1.165, 1.54) is 83.5 Å². The highest BCUT2D eigenvalue weighted by molar-refractivity contribution is 5.69. The van der Waals surface area contributed by atoms with Crippen molar-refractivity contribution in [1.29, 1.82) is 0 Å². The van der Waals surface area contributed by atoms with Gasteiger partial charge >= 0.3 is 6.09 Å². The normalized spacial score (nSPS) is 16.6.